The van der Waals surface area contributed by atoms with Crippen molar-refractivity contribution in [3.05, 3.63) is 325 Å². The van der Waals surface area contributed by atoms with E-state index >= 15 is 0 Å². The lowest BCUT2D eigenvalue weighted by atomic mass is 9.64. The lowest BCUT2D eigenvalue weighted by molar-refractivity contribution is 0.660. The van der Waals surface area contributed by atoms with Crippen LogP contribution in [0.5, 0.6) is 0 Å². The molecule has 1 aliphatic carbocycles. The van der Waals surface area contributed by atoms with Gasteiger partial charge in [-0.1, -0.05) is 257 Å². The van der Waals surface area contributed by atoms with Gasteiger partial charge in [0.15, 0.2) is 0 Å². The first-order valence-electron chi connectivity index (χ1n) is 26.0. The molecule has 0 bridgehead atoms. The smallest absolute Gasteiger partial charge is 0.0788 e. The van der Waals surface area contributed by atoms with Crippen LogP contribution < -0.4 is 4.90 Å². The lowest BCUT2D eigenvalue weighted by Gasteiger charge is -2.38. The molecule has 0 saturated carbocycles. The molecule has 356 valence electrons. The van der Waals surface area contributed by atoms with Crippen LogP contribution >= 0.6 is 0 Å². The van der Waals surface area contributed by atoms with Crippen molar-refractivity contribution in [3.63, 3.8) is 0 Å². The zero-order valence-corrected chi connectivity index (χ0v) is 42.1. The molecule has 0 N–H and O–H groups in total. The van der Waals surface area contributed by atoms with E-state index in [4.69, 9.17) is 4.98 Å². The van der Waals surface area contributed by atoms with Gasteiger partial charge in [0.1, 0.15) is 0 Å². The molecular formula is C73H54N2. The molecule has 12 aromatic rings. The standard InChI is InChI=1S/C73H54N2/c1-72(2)67-38-18-16-37-64(67)65-46-45-62(50-68(65)72)75(70-40-20-17-36-63(70)54-43-41-52(42-44-54)51-23-7-3-8-24-51)61-35-22-34-60(49-61)73(57-29-11-5-12-30-57,58-31-13-6-14-32-58)59-33-21-28-56(47-59)71-66(53-25-9-4-10-26-53)48-55-27-15-19-39-69(55)74-71/h3-50H,1-2H3. The second kappa shape index (κ2) is 18.9. The van der Waals surface area contributed by atoms with Gasteiger partial charge in [0.2, 0.25) is 0 Å². The summed E-state index contributed by atoms with van der Waals surface area (Å²) in [6.45, 7) is 4.74. The third kappa shape index (κ3) is 7.94. The van der Waals surface area contributed by atoms with Gasteiger partial charge in [-0.3, -0.25) is 0 Å². The van der Waals surface area contributed by atoms with E-state index in [1.807, 2.05) is 0 Å². The number of benzene rings is 11. The van der Waals surface area contributed by atoms with Crippen LogP contribution in [0.4, 0.5) is 17.1 Å². The van der Waals surface area contributed by atoms with Crippen molar-refractivity contribution in [1.29, 1.82) is 0 Å². The molecule has 13 rings (SSSR count). The predicted octanol–water partition coefficient (Wildman–Crippen LogP) is 19.1. The van der Waals surface area contributed by atoms with Gasteiger partial charge in [0.25, 0.3) is 0 Å². The van der Waals surface area contributed by atoms with E-state index in [2.05, 4.69) is 310 Å². The van der Waals surface area contributed by atoms with Crippen LogP contribution in [-0.4, -0.2) is 4.98 Å². The summed E-state index contributed by atoms with van der Waals surface area (Å²) >= 11 is 0. The van der Waals surface area contributed by atoms with Gasteiger partial charge in [-0.25, -0.2) is 4.98 Å². The van der Waals surface area contributed by atoms with Crippen molar-refractivity contribution < 1.29 is 0 Å². The number of aromatic nitrogens is 1. The fourth-order valence-electron chi connectivity index (χ4n) is 12.0. The first-order valence-corrected chi connectivity index (χ1v) is 26.0. The maximum Gasteiger partial charge on any atom is 0.0788 e. The summed E-state index contributed by atoms with van der Waals surface area (Å²) in [7, 11) is 0. The number of anilines is 3. The molecule has 0 radical (unpaired) electrons. The Morgan fingerprint density at radius 2 is 0.813 bits per heavy atom. The van der Waals surface area contributed by atoms with Gasteiger partial charge in [-0.2, -0.15) is 0 Å². The summed E-state index contributed by atoms with van der Waals surface area (Å²) in [5.41, 5.74) is 22.1. The highest BCUT2D eigenvalue weighted by atomic mass is 15.1. The summed E-state index contributed by atoms with van der Waals surface area (Å²) in [6.07, 6.45) is 0. The van der Waals surface area contributed by atoms with Gasteiger partial charge < -0.3 is 4.90 Å². The Labute approximate surface area is 440 Å². The van der Waals surface area contributed by atoms with E-state index in [0.717, 1.165) is 72.6 Å². The second-order valence-corrected chi connectivity index (χ2v) is 20.3. The first-order chi connectivity index (χ1) is 36.9. The van der Waals surface area contributed by atoms with Crippen molar-refractivity contribution in [2.45, 2.75) is 24.7 Å². The SMILES string of the molecule is CC1(C)c2ccccc2-c2ccc(N(c3cccc(C(c4ccccc4)(c4ccccc4)c4cccc(-c5nc6ccccc6cc5-c5ccccc5)c4)c3)c3ccccc3-c3ccc(-c4ccccc4)cc3)cc21. The normalized spacial score (nSPS) is 12.5. The topological polar surface area (TPSA) is 16.1 Å². The molecule has 75 heavy (non-hydrogen) atoms. The molecule has 2 heteroatoms. The molecule has 0 saturated heterocycles. The number of hydrogen-bond donors (Lipinski definition) is 0. The minimum atomic E-state index is -0.766. The van der Waals surface area contributed by atoms with E-state index in [-0.39, 0.29) is 5.41 Å². The Morgan fingerprint density at radius 1 is 0.320 bits per heavy atom. The summed E-state index contributed by atoms with van der Waals surface area (Å²) in [5, 5.41) is 1.11. The summed E-state index contributed by atoms with van der Waals surface area (Å²) in [6, 6.07) is 107. The maximum absolute atomic E-state index is 5.46. The fourth-order valence-corrected chi connectivity index (χ4v) is 12.0. The van der Waals surface area contributed by atoms with Crippen LogP contribution in [-0.2, 0) is 10.8 Å². The second-order valence-electron chi connectivity index (χ2n) is 20.3. The zero-order valence-electron chi connectivity index (χ0n) is 42.1. The number of hydrogen-bond acceptors (Lipinski definition) is 2. The highest BCUT2D eigenvalue weighted by molar-refractivity contribution is 5.93. The van der Waals surface area contributed by atoms with Gasteiger partial charge in [0, 0.05) is 38.9 Å². The van der Waals surface area contributed by atoms with E-state index in [9.17, 15) is 0 Å². The van der Waals surface area contributed by atoms with Gasteiger partial charge in [-0.05, 0) is 115 Å². The molecule has 0 unspecified atom stereocenters. The summed E-state index contributed by atoms with van der Waals surface area (Å²) in [4.78, 5) is 7.95. The molecule has 1 aliphatic rings. The van der Waals surface area contributed by atoms with Gasteiger partial charge >= 0.3 is 0 Å². The van der Waals surface area contributed by atoms with Crippen molar-refractivity contribution in [3.8, 4) is 55.8 Å². The quantitative estimate of drug-likeness (QED) is 0.120. The lowest BCUT2D eigenvalue weighted by Crippen LogP contribution is -2.31. The van der Waals surface area contributed by atoms with E-state index in [0.29, 0.717) is 0 Å². The monoisotopic (exact) mass is 958 g/mol. The van der Waals surface area contributed by atoms with Crippen LogP contribution in [0.2, 0.25) is 0 Å². The summed E-state index contributed by atoms with van der Waals surface area (Å²) < 4.78 is 0. The average molecular weight is 959 g/mol. The van der Waals surface area contributed by atoms with E-state index in [1.165, 1.54) is 44.5 Å². The Bertz CT molecular complexity index is 3970. The molecule has 0 atom stereocenters. The molecule has 0 amide bonds. The van der Waals surface area contributed by atoms with Crippen molar-refractivity contribution in [2.75, 3.05) is 4.90 Å². The maximum atomic E-state index is 5.46. The first kappa shape index (κ1) is 45.5. The molecule has 1 aromatic heterocycles. The molecular weight excluding hydrogens is 905 g/mol. The summed E-state index contributed by atoms with van der Waals surface area (Å²) in [5.74, 6) is 0. The Balaban J connectivity index is 1.04. The number of nitrogens with zero attached hydrogens (tertiary/aromatic N) is 2. The van der Waals surface area contributed by atoms with Crippen LogP contribution in [0.1, 0.15) is 47.2 Å². The van der Waals surface area contributed by atoms with Crippen LogP contribution in [0.3, 0.4) is 0 Å². The van der Waals surface area contributed by atoms with Crippen LogP contribution in [0, 0.1) is 0 Å². The Hall–Kier alpha value is -9.37. The third-order valence-electron chi connectivity index (χ3n) is 15.6. The van der Waals surface area contributed by atoms with E-state index in [1.54, 1.807) is 0 Å². The molecule has 11 aromatic carbocycles. The van der Waals surface area contributed by atoms with E-state index < -0.39 is 5.41 Å². The largest absolute Gasteiger partial charge is 0.310 e. The molecule has 0 spiro atoms. The number of pyridine rings is 1. The van der Waals surface area contributed by atoms with Crippen molar-refractivity contribution in [1.82, 2.24) is 4.98 Å². The molecule has 1 heterocycles. The van der Waals surface area contributed by atoms with Gasteiger partial charge in [-0.15, -0.1) is 0 Å². The van der Waals surface area contributed by atoms with Crippen LogP contribution in [0.25, 0.3) is 66.7 Å². The average Bonchev–Trinajstić information content (AvgIpc) is 3.76. The van der Waals surface area contributed by atoms with Crippen LogP contribution in [0.15, 0.2) is 291 Å². The number of rotatable bonds is 11. The Morgan fingerprint density at radius 3 is 1.53 bits per heavy atom. The van der Waals surface area contributed by atoms with Gasteiger partial charge in [0.05, 0.1) is 22.3 Å². The minimum Gasteiger partial charge on any atom is -0.310 e. The van der Waals surface area contributed by atoms with Crippen molar-refractivity contribution in [2.24, 2.45) is 0 Å². The molecule has 0 aliphatic heterocycles. The number of para-hydroxylation sites is 2. The molecule has 0 fully saturated rings. The molecule has 2 nitrogen and oxygen atoms in total. The van der Waals surface area contributed by atoms with Crippen molar-refractivity contribution >= 4 is 28.0 Å². The Kier molecular flexibility index (Phi) is 11.5. The predicted molar refractivity (Wildman–Crippen MR) is 314 cm³/mol. The minimum absolute atomic E-state index is 0.191. The fraction of sp³-hybridized carbons (Fsp3) is 0.0548. The number of fused-ring (bicyclic) bond motifs is 4. The third-order valence-corrected chi connectivity index (χ3v) is 15.6. The highest BCUT2D eigenvalue weighted by Gasteiger charge is 2.40. The highest BCUT2D eigenvalue weighted by Crippen LogP contribution is 2.53. The zero-order chi connectivity index (χ0) is 50.3.